The van der Waals surface area contributed by atoms with Crippen LogP contribution in [-0.2, 0) is 4.79 Å². The zero-order valence-corrected chi connectivity index (χ0v) is 18.5. The van der Waals surface area contributed by atoms with Gasteiger partial charge in [-0.3, -0.25) is 14.3 Å². The lowest BCUT2D eigenvalue weighted by Gasteiger charge is -2.21. The number of thioether (sulfide) groups is 1. The Morgan fingerprint density at radius 3 is 2.39 bits per heavy atom. The van der Waals surface area contributed by atoms with E-state index in [9.17, 15) is 4.79 Å². The molecule has 4 aromatic rings. The lowest BCUT2D eigenvalue weighted by molar-refractivity contribution is -0.128. The Morgan fingerprint density at radius 1 is 0.968 bits per heavy atom. The van der Waals surface area contributed by atoms with Gasteiger partial charge in [0, 0.05) is 32.1 Å². The molecule has 0 aliphatic rings. The average Bonchev–Trinajstić information content (AvgIpc) is 3.22. The van der Waals surface area contributed by atoms with Crippen molar-refractivity contribution < 1.29 is 4.79 Å². The summed E-state index contributed by atoms with van der Waals surface area (Å²) in [6.45, 7) is 2.05. The van der Waals surface area contributed by atoms with E-state index in [1.54, 1.807) is 31.4 Å². The highest BCUT2D eigenvalue weighted by Gasteiger charge is 2.28. The number of benzene rings is 2. The van der Waals surface area contributed by atoms with E-state index in [2.05, 4.69) is 28.2 Å². The van der Waals surface area contributed by atoms with Crippen LogP contribution in [0, 0.1) is 6.92 Å². The van der Waals surface area contributed by atoms with Gasteiger partial charge in [-0.2, -0.15) is 0 Å². The summed E-state index contributed by atoms with van der Waals surface area (Å²) in [4.78, 5) is 18.9. The number of para-hydroxylation sites is 1. The molecule has 7 heteroatoms. The molecule has 1 atom stereocenters. The molecule has 0 N–H and O–H groups in total. The topological polar surface area (TPSA) is 63.9 Å². The number of pyridine rings is 1. The second-order valence-electron chi connectivity index (χ2n) is 7.31. The number of nitrogens with zero attached hydrogens (tertiary/aromatic N) is 5. The number of hydrogen-bond donors (Lipinski definition) is 0. The summed E-state index contributed by atoms with van der Waals surface area (Å²) in [5.74, 6) is 0.687. The molecule has 2 heterocycles. The molecule has 0 saturated heterocycles. The first kappa shape index (κ1) is 20.8. The second-order valence-corrected chi connectivity index (χ2v) is 8.38. The number of likely N-dealkylation sites (N-methyl/N-ethyl adjacent to an activating group) is 1. The van der Waals surface area contributed by atoms with Gasteiger partial charge >= 0.3 is 0 Å². The molecule has 2 aromatic heterocycles. The van der Waals surface area contributed by atoms with Crippen LogP contribution in [0.25, 0.3) is 17.1 Å². The van der Waals surface area contributed by atoms with Crippen LogP contribution in [0.4, 0.5) is 0 Å². The van der Waals surface area contributed by atoms with Crippen LogP contribution in [0.1, 0.15) is 16.4 Å². The van der Waals surface area contributed by atoms with Crippen LogP contribution in [0.3, 0.4) is 0 Å². The molecule has 31 heavy (non-hydrogen) atoms. The zero-order chi connectivity index (χ0) is 21.8. The highest BCUT2D eigenvalue weighted by atomic mass is 32.2. The minimum atomic E-state index is -0.440. The highest BCUT2D eigenvalue weighted by Crippen LogP contribution is 2.38. The smallest absolute Gasteiger partial charge is 0.240 e. The molecule has 2 aromatic carbocycles. The van der Waals surface area contributed by atoms with Crippen LogP contribution < -0.4 is 0 Å². The molecule has 0 aliphatic heterocycles. The largest absolute Gasteiger partial charge is 0.348 e. The summed E-state index contributed by atoms with van der Waals surface area (Å²) in [7, 11) is 3.54. The van der Waals surface area contributed by atoms with E-state index < -0.39 is 5.25 Å². The second kappa shape index (κ2) is 9.14. The fraction of sp³-hybridized carbons (Fsp3) is 0.167. The maximum absolute atomic E-state index is 13.1. The number of hydrogen-bond acceptors (Lipinski definition) is 5. The Morgan fingerprint density at radius 2 is 1.71 bits per heavy atom. The van der Waals surface area contributed by atoms with Crippen molar-refractivity contribution in [2.24, 2.45) is 0 Å². The molecule has 4 rings (SSSR count). The van der Waals surface area contributed by atoms with Crippen molar-refractivity contribution in [2.45, 2.75) is 17.3 Å². The highest BCUT2D eigenvalue weighted by molar-refractivity contribution is 8.00. The standard InChI is InChI=1S/C24H23N5OS/c1-17-10-7-8-14-20(17)29-22(19-13-9-15-25-16-19)26-27-24(29)31-21(23(30)28(2)3)18-11-5-4-6-12-18/h4-16,21H,1-3H3/t21-/m1/s1. The molecule has 0 aliphatic carbocycles. The molecular formula is C24H23N5OS. The quantitative estimate of drug-likeness (QED) is 0.421. The van der Waals surface area contributed by atoms with E-state index in [-0.39, 0.29) is 5.91 Å². The number of carbonyl (C=O) groups excluding carboxylic acids is 1. The van der Waals surface area contributed by atoms with Crippen LogP contribution in [-0.4, -0.2) is 44.7 Å². The third kappa shape index (κ3) is 4.36. The molecule has 0 fully saturated rings. The SMILES string of the molecule is Cc1ccccc1-n1c(S[C@@H](C(=O)N(C)C)c2ccccc2)nnc1-c1cccnc1. The van der Waals surface area contributed by atoms with E-state index in [1.165, 1.54) is 11.8 Å². The van der Waals surface area contributed by atoms with Crippen molar-refractivity contribution in [3.05, 3.63) is 90.3 Å². The lowest BCUT2D eigenvalue weighted by atomic mass is 10.1. The third-order valence-electron chi connectivity index (χ3n) is 4.90. The monoisotopic (exact) mass is 429 g/mol. The molecule has 156 valence electrons. The van der Waals surface area contributed by atoms with Crippen LogP contribution in [0.5, 0.6) is 0 Å². The Hall–Kier alpha value is -3.45. The molecule has 0 saturated carbocycles. The minimum Gasteiger partial charge on any atom is -0.348 e. The summed E-state index contributed by atoms with van der Waals surface area (Å²) in [5, 5.41) is 9.19. The Kier molecular flexibility index (Phi) is 6.13. The van der Waals surface area contributed by atoms with Gasteiger partial charge in [0.25, 0.3) is 0 Å². The molecular weight excluding hydrogens is 406 g/mol. The van der Waals surface area contributed by atoms with Crippen molar-refractivity contribution in [1.82, 2.24) is 24.6 Å². The van der Waals surface area contributed by atoms with Gasteiger partial charge in [0.15, 0.2) is 11.0 Å². The van der Waals surface area contributed by atoms with Gasteiger partial charge in [-0.1, -0.05) is 60.3 Å². The first-order chi connectivity index (χ1) is 15.1. The fourth-order valence-corrected chi connectivity index (χ4v) is 4.48. The fourth-order valence-electron chi connectivity index (χ4n) is 3.29. The maximum Gasteiger partial charge on any atom is 0.240 e. The Balaban J connectivity index is 1.85. The zero-order valence-electron chi connectivity index (χ0n) is 17.6. The molecule has 0 spiro atoms. The van der Waals surface area contributed by atoms with Gasteiger partial charge in [0.2, 0.25) is 5.91 Å². The lowest BCUT2D eigenvalue weighted by Crippen LogP contribution is -2.27. The van der Waals surface area contributed by atoms with E-state index in [1.807, 2.05) is 65.2 Å². The van der Waals surface area contributed by atoms with E-state index in [0.717, 1.165) is 22.4 Å². The number of aromatic nitrogens is 4. The van der Waals surface area contributed by atoms with Gasteiger partial charge in [0.05, 0.1) is 5.69 Å². The predicted molar refractivity (Wildman–Crippen MR) is 123 cm³/mol. The van der Waals surface area contributed by atoms with E-state index in [4.69, 9.17) is 0 Å². The van der Waals surface area contributed by atoms with E-state index in [0.29, 0.717) is 11.0 Å². The molecule has 0 radical (unpaired) electrons. The van der Waals surface area contributed by atoms with Crippen molar-refractivity contribution in [1.29, 1.82) is 0 Å². The summed E-state index contributed by atoms with van der Waals surface area (Å²) in [6, 6.07) is 21.7. The first-order valence-electron chi connectivity index (χ1n) is 9.91. The summed E-state index contributed by atoms with van der Waals surface area (Å²) < 4.78 is 2.01. The normalized spacial score (nSPS) is 11.8. The minimum absolute atomic E-state index is 0.00142. The van der Waals surface area contributed by atoms with Crippen molar-refractivity contribution in [2.75, 3.05) is 14.1 Å². The van der Waals surface area contributed by atoms with Gasteiger partial charge in [0.1, 0.15) is 5.25 Å². The van der Waals surface area contributed by atoms with Gasteiger partial charge < -0.3 is 4.90 Å². The van der Waals surface area contributed by atoms with Crippen LogP contribution in [0.15, 0.2) is 84.3 Å². The van der Waals surface area contributed by atoms with Crippen LogP contribution in [0.2, 0.25) is 0 Å². The van der Waals surface area contributed by atoms with Crippen LogP contribution >= 0.6 is 11.8 Å². The summed E-state index contributed by atoms with van der Waals surface area (Å²) in [6.07, 6.45) is 3.50. The van der Waals surface area contributed by atoms with Crippen molar-refractivity contribution in [3.63, 3.8) is 0 Å². The number of aryl methyl sites for hydroxylation is 1. The Labute approximate surface area is 186 Å². The van der Waals surface area contributed by atoms with E-state index >= 15 is 0 Å². The number of carbonyl (C=O) groups is 1. The summed E-state index contributed by atoms with van der Waals surface area (Å²) >= 11 is 1.40. The van der Waals surface area contributed by atoms with Gasteiger partial charge in [-0.25, -0.2) is 0 Å². The molecule has 1 amide bonds. The van der Waals surface area contributed by atoms with Crippen molar-refractivity contribution >= 4 is 17.7 Å². The molecule has 0 bridgehead atoms. The average molecular weight is 430 g/mol. The van der Waals surface area contributed by atoms with Gasteiger partial charge in [-0.05, 0) is 36.2 Å². The third-order valence-corrected chi connectivity index (χ3v) is 6.08. The number of amides is 1. The van der Waals surface area contributed by atoms with Gasteiger partial charge in [-0.15, -0.1) is 10.2 Å². The Bertz CT molecular complexity index is 1180. The first-order valence-corrected chi connectivity index (χ1v) is 10.8. The molecule has 0 unspecified atom stereocenters. The predicted octanol–water partition coefficient (Wildman–Crippen LogP) is 4.56. The van der Waals surface area contributed by atoms with Crippen molar-refractivity contribution in [3.8, 4) is 17.1 Å². The maximum atomic E-state index is 13.1. The number of rotatable bonds is 6. The molecule has 6 nitrogen and oxygen atoms in total. The summed E-state index contributed by atoms with van der Waals surface area (Å²) in [5.41, 5.74) is 3.84.